The molecule has 3 heterocycles. The van der Waals surface area contributed by atoms with Gasteiger partial charge in [-0.25, -0.2) is 18.9 Å². The molecular weight excluding hydrogens is 504 g/mol. The number of fused-ring (bicyclic) bond motifs is 1. The van der Waals surface area contributed by atoms with E-state index in [2.05, 4.69) is 10.2 Å². The largest absolute Gasteiger partial charge is 0.299 e. The molecule has 0 bridgehead atoms. The van der Waals surface area contributed by atoms with E-state index in [1.165, 1.54) is 0 Å². The second-order valence-corrected chi connectivity index (χ2v) is 9.45. The Labute approximate surface area is 229 Å². The Kier molecular flexibility index (Phi) is 6.07. The lowest BCUT2D eigenvalue weighted by atomic mass is 10.2. The van der Waals surface area contributed by atoms with E-state index < -0.39 is 0 Å². The van der Waals surface area contributed by atoms with Crippen molar-refractivity contribution < 1.29 is 0 Å². The standard InChI is InChI=1S/C30H26N8O2/c1-19-26(32-33-27-20(2)35(4)38(29(27)40)23-15-9-6-10-16-23)21(3)37(34-19)30-31-25-18-12-11-17-24(25)28(39)36(30)22-13-7-5-8-14-22/h5-18H,1-4H3. The lowest BCUT2D eigenvalue weighted by Gasteiger charge is -2.14. The Bertz CT molecular complexity index is 2030. The van der Waals surface area contributed by atoms with E-state index in [4.69, 9.17) is 10.1 Å². The summed E-state index contributed by atoms with van der Waals surface area (Å²) in [4.78, 5) is 31.8. The molecule has 0 aliphatic carbocycles. The number of benzene rings is 3. The van der Waals surface area contributed by atoms with Gasteiger partial charge in [0.1, 0.15) is 5.69 Å². The number of aromatic nitrogens is 6. The van der Waals surface area contributed by atoms with Crippen LogP contribution in [0.1, 0.15) is 17.1 Å². The van der Waals surface area contributed by atoms with Crippen molar-refractivity contribution in [3.63, 3.8) is 0 Å². The van der Waals surface area contributed by atoms with Crippen LogP contribution in [-0.2, 0) is 7.05 Å². The van der Waals surface area contributed by atoms with E-state index in [1.807, 2.05) is 101 Å². The molecule has 0 aliphatic heterocycles. The molecule has 0 amide bonds. The highest BCUT2D eigenvalue weighted by atomic mass is 16.1. The zero-order chi connectivity index (χ0) is 28.0. The van der Waals surface area contributed by atoms with E-state index >= 15 is 0 Å². The molecule has 10 nitrogen and oxygen atoms in total. The maximum Gasteiger partial charge on any atom is 0.299 e. The number of azo groups is 1. The first-order chi connectivity index (χ1) is 19.4. The fourth-order valence-corrected chi connectivity index (χ4v) is 4.82. The van der Waals surface area contributed by atoms with E-state index in [1.54, 1.807) is 30.7 Å². The molecule has 0 saturated carbocycles. The van der Waals surface area contributed by atoms with Gasteiger partial charge >= 0.3 is 0 Å². The highest BCUT2D eigenvalue weighted by molar-refractivity contribution is 5.78. The van der Waals surface area contributed by atoms with Gasteiger partial charge in [-0.2, -0.15) is 5.10 Å². The summed E-state index contributed by atoms with van der Waals surface area (Å²) in [5.74, 6) is 0.333. The van der Waals surface area contributed by atoms with Gasteiger partial charge in [0.2, 0.25) is 5.95 Å². The van der Waals surface area contributed by atoms with Crippen molar-refractivity contribution in [2.75, 3.05) is 0 Å². The fraction of sp³-hybridized carbons (Fsp3) is 0.133. The van der Waals surface area contributed by atoms with Crippen LogP contribution in [0.25, 0.3) is 28.2 Å². The number of hydrogen-bond donors (Lipinski definition) is 0. The quantitative estimate of drug-likeness (QED) is 0.278. The average molecular weight is 531 g/mol. The molecular formula is C30H26N8O2. The van der Waals surface area contributed by atoms with Crippen LogP contribution in [0.15, 0.2) is 105 Å². The van der Waals surface area contributed by atoms with Crippen molar-refractivity contribution in [1.82, 2.24) is 28.7 Å². The number of para-hydroxylation sites is 3. The summed E-state index contributed by atoms with van der Waals surface area (Å²) in [6.07, 6.45) is 0. The highest BCUT2D eigenvalue weighted by Crippen LogP contribution is 2.28. The van der Waals surface area contributed by atoms with Crippen molar-refractivity contribution in [2.24, 2.45) is 17.3 Å². The SMILES string of the molecule is Cc1nn(-c2nc3ccccc3c(=O)n2-c2ccccc2)c(C)c1N=Nc1c(C)n(C)n(-c2ccccc2)c1=O. The van der Waals surface area contributed by atoms with Gasteiger partial charge < -0.3 is 0 Å². The van der Waals surface area contributed by atoms with Gasteiger partial charge in [-0.05, 0) is 57.2 Å². The highest BCUT2D eigenvalue weighted by Gasteiger charge is 2.21. The van der Waals surface area contributed by atoms with Crippen LogP contribution in [0.3, 0.4) is 0 Å². The van der Waals surface area contributed by atoms with Crippen LogP contribution in [0.5, 0.6) is 0 Å². The Hall–Kier alpha value is -5.38. The third-order valence-corrected chi connectivity index (χ3v) is 6.99. The second-order valence-electron chi connectivity index (χ2n) is 9.45. The molecule has 198 valence electrons. The van der Waals surface area contributed by atoms with Crippen molar-refractivity contribution in [1.29, 1.82) is 0 Å². The summed E-state index contributed by atoms with van der Waals surface area (Å²) in [6, 6.07) is 25.9. The Morgan fingerprint density at radius 2 is 1.27 bits per heavy atom. The third-order valence-electron chi connectivity index (χ3n) is 6.99. The number of aryl methyl sites for hydroxylation is 1. The zero-order valence-electron chi connectivity index (χ0n) is 22.5. The average Bonchev–Trinajstić information content (AvgIpc) is 3.37. The van der Waals surface area contributed by atoms with Gasteiger partial charge in [-0.1, -0.05) is 48.5 Å². The Morgan fingerprint density at radius 1 is 0.675 bits per heavy atom. The number of hydrogen-bond acceptors (Lipinski definition) is 6. The van der Waals surface area contributed by atoms with Gasteiger partial charge in [0, 0.05) is 7.05 Å². The van der Waals surface area contributed by atoms with Gasteiger partial charge in [0.05, 0.1) is 39.4 Å². The van der Waals surface area contributed by atoms with Crippen LogP contribution < -0.4 is 11.1 Å². The van der Waals surface area contributed by atoms with Crippen LogP contribution in [0.2, 0.25) is 0 Å². The molecule has 3 aromatic carbocycles. The molecule has 0 fully saturated rings. The molecule has 0 atom stereocenters. The van der Waals surface area contributed by atoms with Crippen molar-refractivity contribution in [2.45, 2.75) is 20.8 Å². The molecule has 40 heavy (non-hydrogen) atoms. The minimum atomic E-state index is -0.272. The summed E-state index contributed by atoms with van der Waals surface area (Å²) >= 11 is 0. The molecule has 0 aliphatic rings. The monoisotopic (exact) mass is 530 g/mol. The van der Waals surface area contributed by atoms with Gasteiger partial charge in [-0.3, -0.25) is 14.3 Å². The first kappa shape index (κ1) is 24.9. The molecule has 0 N–H and O–H groups in total. The van der Waals surface area contributed by atoms with Crippen molar-refractivity contribution in [3.8, 4) is 17.3 Å². The lowest BCUT2D eigenvalue weighted by molar-refractivity contribution is 0.630. The summed E-state index contributed by atoms with van der Waals surface area (Å²) in [5.41, 5.74) is 4.11. The smallest absolute Gasteiger partial charge is 0.283 e. The van der Waals surface area contributed by atoms with Gasteiger partial charge in [0.25, 0.3) is 11.1 Å². The van der Waals surface area contributed by atoms with Gasteiger partial charge in [0.15, 0.2) is 5.69 Å². The van der Waals surface area contributed by atoms with E-state index in [0.717, 1.165) is 5.69 Å². The summed E-state index contributed by atoms with van der Waals surface area (Å²) in [7, 11) is 1.81. The Morgan fingerprint density at radius 3 is 1.98 bits per heavy atom. The third kappa shape index (κ3) is 3.97. The minimum absolute atomic E-state index is 0.205. The van der Waals surface area contributed by atoms with E-state index in [-0.39, 0.29) is 16.8 Å². The summed E-state index contributed by atoms with van der Waals surface area (Å²) in [6.45, 7) is 5.48. The molecule has 0 unspecified atom stereocenters. The second kappa shape index (κ2) is 9.73. The zero-order valence-corrected chi connectivity index (χ0v) is 22.5. The topological polar surface area (TPSA) is 104 Å². The van der Waals surface area contributed by atoms with Crippen LogP contribution in [-0.4, -0.2) is 28.7 Å². The maximum absolute atomic E-state index is 13.7. The van der Waals surface area contributed by atoms with Crippen molar-refractivity contribution in [3.05, 3.63) is 123 Å². The van der Waals surface area contributed by atoms with Crippen molar-refractivity contribution >= 4 is 22.3 Å². The molecule has 0 radical (unpaired) electrons. The normalized spacial score (nSPS) is 11.6. The predicted octanol–water partition coefficient (Wildman–Crippen LogP) is 5.40. The molecule has 3 aromatic heterocycles. The predicted molar refractivity (Wildman–Crippen MR) is 154 cm³/mol. The first-order valence-electron chi connectivity index (χ1n) is 12.8. The van der Waals surface area contributed by atoms with Crippen LogP contribution in [0.4, 0.5) is 11.4 Å². The molecule has 6 aromatic rings. The Balaban J connectivity index is 1.50. The van der Waals surface area contributed by atoms with Gasteiger partial charge in [-0.15, -0.1) is 10.2 Å². The van der Waals surface area contributed by atoms with Crippen LogP contribution in [0, 0.1) is 20.8 Å². The molecule has 0 saturated heterocycles. The first-order valence-corrected chi connectivity index (χ1v) is 12.8. The molecule has 0 spiro atoms. The van der Waals surface area contributed by atoms with Crippen LogP contribution >= 0.6 is 0 Å². The van der Waals surface area contributed by atoms with E-state index in [9.17, 15) is 9.59 Å². The summed E-state index contributed by atoms with van der Waals surface area (Å²) in [5, 5.41) is 14.1. The fourth-order valence-electron chi connectivity index (χ4n) is 4.82. The number of nitrogens with zero attached hydrogens (tertiary/aromatic N) is 8. The molecule has 6 rings (SSSR count). The number of rotatable bonds is 5. The van der Waals surface area contributed by atoms with E-state index in [0.29, 0.717) is 45.3 Å². The maximum atomic E-state index is 13.7. The lowest BCUT2D eigenvalue weighted by Crippen LogP contribution is -2.25. The minimum Gasteiger partial charge on any atom is -0.283 e. The summed E-state index contributed by atoms with van der Waals surface area (Å²) < 4.78 is 6.46. The molecule has 10 heteroatoms.